The van der Waals surface area contributed by atoms with Gasteiger partial charge in [0.15, 0.2) is 5.16 Å². The minimum absolute atomic E-state index is 0.0709. The predicted octanol–water partition coefficient (Wildman–Crippen LogP) is 3.49. The summed E-state index contributed by atoms with van der Waals surface area (Å²) in [7, 11) is 0. The van der Waals surface area contributed by atoms with E-state index in [1.54, 1.807) is 10.6 Å². The van der Waals surface area contributed by atoms with Crippen LogP contribution in [0.4, 0.5) is 0 Å². The average molecular weight is 399 g/mol. The number of rotatable bonds is 7. The number of para-hydroxylation sites is 1. The van der Waals surface area contributed by atoms with Crippen LogP contribution in [-0.4, -0.2) is 26.8 Å². The lowest BCUT2D eigenvalue weighted by atomic mass is 10.0. The molecule has 0 saturated heterocycles. The standard InChI is InChI=1S/C21H26N4O2S/c1-15(2)9-12-25-19(27)16-7-3-4-8-17(16)23-20(25)28-13-18(26)24-21(14-22)10-5-6-11-21/h3-4,7-8,15H,5-6,9-13H2,1-2H3,(H,24,26). The number of fused-ring (bicyclic) bond motifs is 1. The zero-order valence-electron chi connectivity index (χ0n) is 16.4. The van der Waals surface area contributed by atoms with Crippen molar-refractivity contribution in [3.8, 4) is 6.07 Å². The molecule has 1 aromatic heterocycles. The molecule has 0 radical (unpaired) electrons. The summed E-state index contributed by atoms with van der Waals surface area (Å²) >= 11 is 1.26. The van der Waals surface area contributed by atoms with Crippen LogP contribution in [0.25, 0.3) is 10.9 Å². The fourth-order valence-electron chi connectivity index (χ4n) is 3.52. The minimum atomic E-state index is -0.730. The molecule has 0 aliphatic heterocycles. The van der Waals surface area contributed by atoms with Crippen LogP contribution in [0.15, 0.2) is 34.2 Å². The van der Waals surface area contributed by atoms with Gasteiger partial charge in [0.25, 0.3) is 5.56 Å². The highest BCUT2D eigenvalue weighted by atomic mass is 32.2. The first-order chi connectivity index (χ1) is 13.4. The molecule has 1 aromatic carbocycles. The Kier molecular flexibility index (Phi) is 6.40. The third kappa shape index (κ3) is 4.56. The Morgan fingerprint density at radius 1 is 1.36 bits per heavy atom. The second-order valence-electron chi connectivity index (χ2n) is 7.79. The van der Waals surface area contributed by atoms with Crippen molar-refractivity contribution < 1.29 is 4.79 Å². The zero-order chi connectivity index (χ0) is 20.1. The molecule has 3 rings (SSSR count). The Bertz CT molecular complexity index is 955. The van der Waals surface area contributed by atoms with Gasteiger partial charge in [0.1, 0.15) is 5.54 Å². The number of aromatic nitrogens is 2. The lowest BCUT2D eigenvalue weighted by Gasteiger charge is -2.22. The maximum atomic E-state index is 12.9. The Hall–Kier alpha value is -2.33. The number of hydrogen-bond donors (Lipinski definition) is 1. The number of nitrogens with one attached hydrogen (secondary N) is 1. The first-order valence-corrected chi connectivity index (χ1v) is 10.8. The molecule has 0 spiro atoms. The molecule has 6 nitrogen and oxygen atoms in total. The molecule has 2 aromatic rings. The van der Waals surface area contributed by atoms with Crippen LogP contribution in [0.2, 0.25) is 0 Å². The van der Waals surface area contributed by atoms with Crippen molar-refractivity contribution in [2.24, 2.45) is 5.92 Å². The van der Waals surface area contributed by atoms with E-state index in [2.05, 4.69) is 30.2 Å². The Labute approximate surface area is 169 Å². The van der Waals surface area contributed by atoms with E-state index in [1.807, 2.05) is 18.2 Å². The molecule has 1 fully saturated rings. The Morgan fingerprint density at radius 2 is 2.07 bits per heavy atom. The number of carbonyl (C=O) groups excluding carboxylic acids is 1. The summed E-state index contributed by atoms with van der Waals surface area (Å²) < 4.78 is 1.68. The van der Waals surface area contributed by atoms with E-state index in [4.69, 9.17) is 0 Å². The van der Waals surface area contributed by atoms with Crippen LogP contribution in [0.5, 0.6) is 0 Å². The van der Waals surface area contributed by atoms with Crippen molar-refractivity contribution in [1.82, 2.24) is 14.9 Å². The lowest BCUT2D eigenvalue weighted by Crippen LogP contribution is -2.45. The molecule has 1 aliphatic carbocycles. The Morgan fingerprint density at radius 3 is 2.75 bits per heavy atom. The van der Waals surface area contributed by atoms with E-state index < -0.39 is 5.54 Å². The summed E-state index contributed by atoms with van der Waals surface area (Å²) in [5.41, 5.74) is -0.162. The molecule has 1 N–H and O–H groups in total. The van der Waals surface area contributed by atoms with Crippen LogP contribution in [0.3, 0.4) is 0 Å². The van der Waals surface area contributed by atoms with E-state index in [-0.39, 0.29) is 17.2 Å². The van der Waals surface area contributed by atoms with Gasteiger partial charge in [-0.15, -0.1) is 0 Å². The van der Waals surface area contributed by atoms with Gasteiger partial charge in [0, 0.05) is 6.54 Å². The van der Waals surface area contributed by atoms with E-state index in [0.717, 1.165) is 19.3 Å². The van der Waals surface area contributed by atoms with Crippen molar-refractivity contribution in [2.45, 2.75) is 63.2 Å². The summed E-state index contributed by atoms with van der Waals surface area (Å²) in [6.07, 6.45) is 4.18. The highest BCUT2D eigenvalue weighted by Gasteiger charge is 2.35. The SMILES string of the molecule is CC(C)CCn1c(SCC(=O)NC2(C#N)CCCC2)nc2ccccc2c1=O. The Balaban J connectivity index is 1.81. The van der Waals surface area contributed by atoms with Crippen LogP contribution >= 0.6 is 11.8 Å². The fraction of sp³-hybridized carbons (Fsp3) is 0.524. The summed E-state index contributed by atoms with van der Waals surface area (Å²) in [4.78, 5) is 30.0. The average Bonchev–Trinajstić information content (AvgIpc) is 3.14. The molecule has 7 heteroatoms. The van der Waals surface area contributed by atoms with Crippen molar-refractivity contribution in [1.29, 1.82) is 5.26 Å². The normalized spacial score (nSPS) is 15.6. The summed E-state index contributed by atoms with van der Waals surface area (Å²) in [6.45, 7) is 4.80. The van der Waals surface area contributed by atoms with Crippen molar-refractivity contribution in [3.05, 3.63) is 34.6 Å². The van der Waals surface area contributed by atoms with Gasteiger partial charge < -0.3 is 5.32 Å². The predicted molar refractivity (Wildman–Crippen MR) is 111 cm³/mol. The van der Waals surface area contributed by atoms with E-state index >= 15 is 0 Å². The molecule has 0 bridgehead atoms. The van der Waals surface area contributed by atoms with Gasteiger partial charge in [0.2, 0.25) is 5.91 Å². The molecule has 1 aliphatic rings. The molecule has 1 heterocycles. The number of benzene rings is 1. The van der Waals surface area contributed by atoms with Gasteiger partial charge in [-0.25, -0.2) is 4.98 Å². The number of thioether (sulfide) groups is 1. The van der Waals surface area contributed by atoms with Crippen LogP contribution in [-0.2, 0) is 11.3 Å². The van der Waals surface area contributed by atoms with Gasteiger partial charge in [-0.3, -0.25) is 14.2 Å². The second kappa shape index (κ2) is 8.78. The molecular weight excluding hydrogens is 372 g/mol. The number of amides is 1. The largest absolute Gasteiger partial charge is 0.337 e. The van der Waals surface area contributed by atoms with Crippen LogP contribution < -0.4 is 10.9 Å². The van der Waals surface area contributed by atoms with Gasteiger partial charge in [-0.2, -0.15) is 5.26 Å². The fourth-order valence-corrected chi connectivity index (χ4v) is 4.34. The number of nitriles is 1. The number of nitrogens with zero attached hydrogens (tertiary/aromatic N) is 3. The van der Waals surface area contributed by atoms with E-state index in [9.17, 15) is 14.9 Å². The summed E-state index contributed by atoms with van der Waals surface area (Å²) in [5.74, 6) is 0.402. The molecule has 0 unspecified atom stereocenters. The molecule has 148 valence electrons. The van der Waals surface area contributed by atoms with E-state index in [0.29, 0.717) is 41.4 Å². The molecule has 28 heavy (non-hydrogen) atoms. The zero-order valence-corrected chi connectivity index (χ0v) is 17.2. The van der Waals surface area contributed by atoms with Crippen molar-refractivity contribution >= 4 is 28.6 Å². The van der Waals surface area contributed by atoms with Gasteiger partial charge in [0.05, 0.1) is 22.7 Å². The van der Waals surface area contributed by atoms with Gasteiger partial charge >= 0.3 is 0 Å². The second-order valence-corrected chi connectivity index (χ2v) is 8.73. The van der Waals surface area contributed by atoms with Crippen molar-refractivity contribution in [3.63, 3.8) is 0 Å². The van der Waals surface area contributed by atoms with Gasteiger partial charge in [-0.1, -0.05) is 37.7 Å². The van der Waals surface area contributed by atoms with Crippen LogP contribution in [0, 0.1) is 17.2 Å². The number of carbonyl (C=O) groups is 1. The highest BCUT2D eigenvalue weighted by molar-refractivity contribution is 7.99. The third-order valence-corrected chi connectivity index (χ3v) is 6.12. The maximum Gasteiger partial charge on any atom is 0.262 e. The van der Waals surface area contributed by atoms with Gasteiger partial charge in [-0.05, 0) is 50.2 Å². The lowest BCUT2D eigenvalue weighted by molar-refractivity contribution is -0.119. The third-order valence-electron chi connectivity index (χ3n) is 5.14. The summed E-state index contributed by atoms with van der Waals surface area (Å²) in [5, 5.41) is 13.5. The number of hydrogen-bond acceptors (Lipinski definition) is 5. The molecule has 1 saturated carbocycles. The first kappa shape index (κ1) is 20.4. The quantitative estimate of drug-likeness (QED) is 0.570. The monoisotopic (exact) mass is 398 g/mol. The topological polar surface area (TPSA) is 87.8 Å². The molecule has 0 atom stereocenters. The van der Waals surface area contributed by atoms with E-state index in [1.165, 1.54) is 11.8 Å². The van der Waals surface area contributed by atoms with Crippen molar-refractivity contribution in [2.75, 3.05) is 5.75 Å². The molecular formula is C21H26N4O2S. The maximum absolute atomic E-state index is 12.9. The smallest absolute Gasteiger partial charge is 0.262 e. The van der Waals surface area contributed by atoms with Crippen LogP contribution in [0.1, 0.15) is 46.0 Å². The summed E-state index contributed by atoms with van der Waals surface area (Å²) in [6, 6.07) is 9.56. The first-order valence-electron chi connectivity index (χ1n) is 9.79. The minimum Gasteiger partial charge on any atom is -0.337 e. The molecule has 1 amide bonds. The highest BCUT2D eigenvalue weighted by Crippen LogP contribution is 2.29.